The van der Waals surface area contributed by atoms with Crippen LogP contribution in [0.2, 0.25) is 0 Å². The average molecular weight is 526 g/mol. The van der Waals surface area contributed by atoms with Crippen molar-refractivity contribution in [3.63, 3.8) is 0 Å². The molecule has 1 aliphatic heterocycles. The SMILES string of the molecule is COc1ccc(-c2ccc(C3CC3)cc2)c(N2CCC(COc3cccc(C(CC(=O)O)C4CC4)c3)CC2)c1. The first-order valence-corrected chi connectivity index (χ1v) is 14.5. The van der Waals surface area contributed by atoms with Crippen LogP contribution in [-0.4, -0.2) is 37.9 Å². The summed E-state index contributed by atoms with van der Waals surface area (Å²) in [5, 5.41) is 9.37. The minimum Gasteiger partial charge on any atom is -0.497 e. The van der Waals surface area contributed by atoms with Gasteiger partial charge in [0.2, 0.25) is 0 Å². The number of anilines is 1. The van der Waals surface area contributed by atoms with E-state index in [1.54, 1.807) is 7.11 Å². The van der Waals surface area contributed by atoms with Crippen molar-refractivity contribution >= 4 is 11.7 Å². The van der Waals surface area contributed by atoms with Gasteiger partial charge in [0, 0.05) is 30.4 Å². The van der Waals surface area contributed by atoms with Gasteiger partial charge in [0.15, 0.2) is 0 Å². The number of nitrogens with zero attached hydrogens (tertiary/aromatic N) is 1. The van der Waals surface area contributed by atoms with Crippen molar-refractivity contribution in [3.05, 3.63) is 77.9 Å². The van der Waals surface area contributed by atoms with E-state index in [1.165, 1.54) is 35.2 Å². The first-order chi connectivity index (χ1) is 19.1. The number of ether oxygens (including phenoxy) is 2. The molecule has 1 heterocycles. The molecular weight excluding hydrogens is 486 g/mol. The normalized spacial score (nSPS) is 18.5. The fourth-order valence-corrected chi connectivity index (χ4v) is 6.13. The van der Waals surface area contributed by atoms with E-state index in [0.29, 0.717) is 18.4 Å². The molecule has 1 saturated heterocycles. The number of piperidine rings is 1. The molecule has 6 rings (SSSR count). The molecule has 3 aromatic rings. The van der Waals surface area contributed by atoms with Crippen molar-refractivity contribution in [2.24, 2.45) is 11.8 Å². The fraction of sp³-hybridized carbons (Fsp3) is 0.441. The summed E-state index contributed by atoms with van der Waals surface area (Å²) >= 11 is 0. The van der Waals surface area contributed by atoms with E-state index in [-0.39, 0.29) is 12.3 Å². The third-order valence-corrected chi connectivity index (χ3v) is 8.79. The third-order valence-electron chi connectivity index (χ3n) is 8.79. The highest BCUT2D eigenvalue weighted by molar-refractivity contribution is 5.80. The van der Waals surface area contributed by atoms with Gasteiger partial charge in [-0.05, 0) is 103 Å². The van der Waals surface area contributed by atoms with Crippen molar-refractivity contribution in [1.29, 1.82) is 0 Å². The van der Waals surface area contributed by atoms with Gasteiger partial charge in [-0.2, -0.15) is 0 Å². The second-order valence-electron chi connectivity index (χ2n) is 11.6. The van der Waals surface area contributed by atoms with Crippen molar-refractivity contribution in [2.75, 3.05) is 31.7 Å². The van der Waals surface area contributed by atoms with Crippen LogP contribution in [0.1, 0.15) is 67.9 Å². The summed E-state index contributed by atoms with van der Waals surface area (Å²) in [7, 11) is 1.73. The number of carboxylic acids is 1. The smallest absolute Gasteiger partial charge is 0.303 e. The number of hydrogen-bond donors (Lipinski definition) is 1. The van der Waals surface area contributed by atoms with Crippen LogP contribution in [0.5, 0.6) is 11.5 Å². The minimum absolute atomic E-state index is 0.0938. The van der Waals surface area contributed by atoms with Crippen LogP contribution in [-0.2, 0) is 4.79 Å². The summed E-state index contributed by atoms with van der Waals surface area (Å²) in [6, 6.07) is 23.7. The van der Waals surface area contributed by atoms with E-state index in [1.807, 2.05) is 12.1 Å². The lowest BCUT2D eigenvalue weighted by atomic mass is 9.91. The van der Waals surface area contributed by atoms with Gasteiger partial charge < -0.3 is 19.5 Å². The van der Waals surface area contributed by atoms with Crippen molar-refractivity contribution in [3.8, 4) is 22.6 Å². The molecule has 5 heteroatoms. The Balaban J connectivity index is 1.09. The lowest BCUT2D eigenvalue weighted by molar-refractivity contribution is -0.137. The molecule has 3 fully saturated rings. The van der Waals surface area contributed by atoms with E-state index in [2.05, 4.69) is 59.5 Å². The molecule has 3 aromatic carbocycles. The van der Waals surface area contributed by atoms with Crippen molar-refractivity contribution in [1.82, 2.24) is 0 Å². The maximum Gasteiger partial charge on any atom is 0.303 e. The molecule has 0 spiro atoms. The molecule has 1 N–H and O–H groups in total. The average Bonchev–Trinajstić information content (AvgIpc) is 3.89. The molecule has 1 atom stereocenters. The number of aliphatic carboxylic acids is 1. The van der Waals surface area contributed by atoms with Gasteiger partial charge in [-0.25, -0.2) is 0 Å². The zero-order valence-electron chi connectivity index (χ0n) is 22.9. The number of carboxylic acid groups (broad SMARTS) is 1. The van der Waals surface area contributed by atoms with Crippen molar-refractivity contribution in [2.45, 2.75) is 56.8 Å². The summed E-state index contributed by atoms with van der Waals surface area (Å²) in [6.45, 7) is 2.66. The van der Waals surface area contributed by atoms with E-state index >= 15 is 0 Å². The largest absolute Gasteiger partial charge is 0.497 e. The molecule has 0 bridgehead atoms. The van der Waals surface area contributed by atoms with Crippen LogP contribution in [0.25, 0.3) is 11.1 Å². The van der Waals surface area contributed by atoms with E-state index in [4.69, 9.17) is 9.47 Å². The quantitative estimate of drug-likeness (QED) is 0.281. The Bertz CT molecular complexity index is 1290. The first kappa shape index (κ1) is 25.8. The van der Waals surface area contributed by atoms with Gasteiger partial charge in [0.05, 0.1) is 20.1 Å². The molecule has 2 saturated carbocycles. The van der Waals surface area contributed by atoms with Crippen LogP contribution in [0.3, 0.4) is 0 Å². The maximum atomic E-state index is 11.4. The van der Waals surface area contributed by atoms with E-state index in [0.717, 1.165) is 61.8 Å². The van der Waals surface area contributed by atoms with Crippen molar-refractivity contribution < 1.29 is 19.4 Å². The van der Waals surface area contributed by atoms with Gasteiger partial charge in [-0.1, -0.05) is 36.4 Å². The predicted octanol–water partition coefficient (Wildman–Crippen LogP) is 7.50. The van der Waals surface area contributed by atoms with Gasteiger partial charge in [0.25, 0.3) is 0 Å². The zero-order valence-corrected chi connectivity index (χ0v) is 22.9. The Kier molecular flexibility index (Phi) is 7.49. The highest BCUT2D eigenvalue weighted by atomic mass is 16.5. The second kappa shape index (κ2) is 11.3. The molecule has 3 aliphatic rings. The first-order valence-electron chi connectivity index (χ1n) is 14.5. The summed E-state index contributed by atoms with van der Waals surface area (Å²) in [5.41, 5.74) is 6.32. The highest BCUT2D eigenvalue weighted by Crippen LogP contribution is 2.45. The lowest BCUT2D eigenvalue weighted by Crippen LogP contribution is -2.35. The standard InChI is InChI=1S/C34H39NO4/c1-38-29-13-14-31(26-9-7-25(8-10-26)24-5-6-24)33(20-29)35-17-15-23(16-18-35)22-39-30-4-2-3-28(19-30)32(21-34(36)37)27-11-12-27/h2-4,7-10,13-14,19-20,23-24,27,32H,5-6,11-12,15-18,21-22H2,1H3,(H,36,37). The topological polar surface area (TPSA) is 59.0 Å². The summed E-state index contributed by atoms with van der Waals surface area (Å²) in [5.74, 6) is 2.88. The predicted molar refractivity (Wildman–Crippen MR) is 155 cm³/mol. The van der Waals surface area contributed by atoms with Gasteiger partial charge in [0.1, 0.15) is 11.5 Å². The summed E-state index contributed by atoms with van der Waals surface area (Å²) in [4.78, 5) is 13.9. The summed E-state index contributed by atoms with van der Waals surface area (Å²) in [6.07, 6.45) is 7.24. The number of carbonyl (C=O) groups is 1. The Labute approximate surface area is 231 Å². The van der Waals surface area contributed by atoms with Gasteiger partial charge >= 0.3 is 5.97 Å². The monoisotopic (exact) mass is 525 g/mol. The minimum atomic E-state index is -0.723. The number of rotatable bonds is 11. The van der Waals surface area contributed by atoms with Crippen LogP contribution < -0.4 is 14.4 Å². The van der Waals surface area contributed by atoms with E-state index < -0.39 is 5.97 Å². The number of methoxy groups -OCH3 is 1. The molecule has 0 radical (unpaired) electrons. The van der Waals surface area contributed by atoms with Crippen LogP contribution in [0.4, 0.5) is 5.69 Å². The molecule has 2 aliphatic carbocycles. The number of hydrogen-bond acceptors (Lipinski definition) is 4. The van der Waals surface area contributed by atoms with E-state index in [9.17, 15) is 9.90 Å². The third kappa shape index (κ3) is 6.24. The zero-order chi connectivity index (χ0) is 26.8. The molecule has 39 heavy (non-hydrogen) atoms. The number of benzene rings is 3. The summed E-state index contributed by atoms with van der Waals surface area (Å²) < 4.78 is 11.9. The lowest BCUT2D eigenvalue weighted by Gasteiger charge is -2.35. The van der Waals surface area contributed by atoms with Gasteiger partial charge in [-0.3, -0.25) is 4.79 Å². The highest BCUT2D eigenvalue weighted by Gasteiger charge is 2.34. The van der Waals surface area contributed by atoms with Crippen LogP contribution in [0.15, 0.2) is 66.7 Å². The molecule has 1 unspecified atom stereocenters. The van der Waals surface area contributed by atoms with Crippen LogP contribution in [0, 0.1) is 11.8 Å². The molecular formula is C34H39NO4. The Hall–Kier alpha value is -3.47. The molecule has 204 valence electrons. The molecule has 0 amide bonds. The second-order valence-corrected chi connectivity index (χ2v) is 11.6. The molecule has 0 aromatic heterocycles. The van der Waals surface area contributed by atoms with Gasteiger partial charge in [-0.15, -0.1) is 0 Å². The Morgan fingerprint density at radius 1 is 0.923 bits per heavy atom. The Morgan fingerprint density at radius 3 is 2.36 bits per heavy atom. The Morgan fingerprint density at radius 2 is 1.69 bits per heavy atom. The fourth-order valence-electron chi connectivity index (χ4n) is 6.13. The molecule has 5 nitrogen and oxygen atoms in total. The van der Waals surface area contributed by atoms with Crippen LogP contribution >= 0.6 is 0 Å². The maximum absolute atomic E-state index is 11.4.